The Morgan fingerprint density at radius 2 is 1.79 bits per heavy atom. The average Bonchev–Trinajstić information content (AvgIpc) is 3.16. The van der Waals surface area contributed by atoms with E-state index in [9.17, 15) is 0 Å². The first kappa shape index (κ1) is 27.5. The van der Waals surface area contributed by atoms with E-state index in [1.54, 1.807) is 0 Å². The molecule has 0 radical (unpaired) electrons. The van der Waals surface area contributed by atoms with Crippen molar-refractivity contribution < 1.29 is 4.74 Å². The lowest BCUT2D eigenvalue weighted by Crippen LogP contribution is -2.48. The van der Waals surface area contributed by atoms with E-state index in [-0.39, 0.29) is 29.4 Å². The number of benzene rings is 1. The Morgan fingerprint density at radius 3 is 2.39 bits per heavy atom. The van der Waals surface area contributed by atoms with Gasteiger partial charge in [0.2, 0.25) is 0 Å². The van der Waals surface area contributed by atoms with Gasteiger partial charge in [-0.25, -0.2) is 4.99 Å². The van der Waals surface area contributed by atoms with E-state index >= 15 is 0 Å². The molecule has 2 aromatic rings. The molecule has 184 valence electrons. The van der Waals surface area contributed by atoms with Crippen LogP contribution in [0.25, 0.3) is 0 Å². The van der Waals surface area contributed by atoms with Gasteiger partial charge < -0.3 is 19.9 Å². The summed E-state index contributed by atoms with van der Waals surface area (Å²) in [6, 6.07) is 10.8. The molecule has 33 heavy (non-hydrogen) atoms. The summed E-state index contributed by atoms with van der Waals surface area (Å²) >= 11 is 0. The number of halogens is 1. The van der Waals surface area contributed by atoms with Gasteiger partial charge in [0.25, 0.3) is 0 Å². The van der Waals surface area contributed by atoms with Gasteiger partial charge in [-0.3, -0.25) is 4.90 Å². The van der Waals surface area contributed by atoms with Gasteiger partial charge in [-0.05, 0) is 25.3 Å². The molecule has 0 saturated carbocycles. The number of ether oxygens (including phenoxy) is 1. The molecule has 1 aliphatic heterocycles. The van der Waals surface area contributed by atoms with E-state index in [2.05, 4.69) is 69.9 Å². The molecule has 3 rings (SSSR count). The highest BCUT2D eigenvalue weighted by molar-refractivity contribution is 14.0. The molecule has 2 N–H and O–H groups in total. The average molecular weight is 570 g/mol. The maximum absolute atomic E-state index is 5.46. The van der Waals surface area contributed by atoms with E-state index in [0.717, 1.165) is 76.4 Å². The first-order valence-electron chi connectivity index (χ1n) is 11.8. The smallest absolute Gasteiger partial charge is 0.191 e. The van der Waals surface area contributed by atoms with Gasteiger partial charge >= 0.3 is 0 Å². The summed E-state index contributed by atoms with van der Waals surface area (Å²) in [6.07, 6.45) is 2.12. The minimum absolute atomic E-state index is 0. The summed E-state index contributed by atoms with van der Waals surface area (Å²) < 4.78 is 7.44. The SMILES string of the molecule is CCC(CC)(CNC(=NCc1nnc(C)n1C)NCCN1CCOCC1)c1ccccc1.I. The van der Waals surface area contributed by atoms with Gasteiger partial charge in [0.15, 0.2) is 11.8 Å². The van der Waals surface area contributed by atoms with Gasteiger partial charge in [-0.2, -0.15) is 0 Å². The highest BCUT2D eigenvalue weighted by atomic mass is 127. The molecule has 1 aromatic carbocycles. The Morgan fingerprint density at radius 1 is 1.09 bits per heavy atom. The predicted molar refractivity (Wildman–Crippen MR) is 144 cm³/mol. The number of rotatable bonds is 10. The van der Waals surface area contributed by atoms with Gasteiger partial charge in [0.1, 0.15) is 12.4 Å². The molecule has 1 aromatic heterocycles. The lowest BCUT2D eigenvalue weighted by atomic mass is 9.76. The highest BCUT2D eigenvalue weighted by Crippen LogP contribution is 2.30. The summed E-state index contributed by atoms with van der Waals surface area (Å²) in [5, 5.41) is 15.6. The summed E-state index contributed by atoms with van der Waals surface area (Å²) in [5.74, 6) is 2.57. The van der Waals surface area contributed by atoms with Crippen LogP contribution in [0.4, 0.5) is 0 Å². The van der Waals surface area contributed by atoms with E-state index in [1.165, 1.54) is 5.56 Å². The number of hydrogen-bond donors (Lipinski definition) is 2. The second-order valence-electron chi connectivity index (χ2n) is 8.48. The van der Waals surface area contributed by atoms with Crippen molar-refractivity contribution in [1.82, 2.24) is 30.3 Å². The monoisotopic (exact) mass is 569 g/mol. The molecule has 0 bridgehead atoms. The van der Waals surface area contributed by atoms with Crippen molar-refractivity contribution in [2.45, 2.75) is 45.6 Å². The van der Waals surface area contributed by atoms with Crippen molar-refractivity contribution in [2.24, 2.45) is 12.0 Å². The van der Waals surface area contributed by atoms with Crippen LogP contribution in [-0.4, -0.2) is 71.6 Å². The summed E-state index contributed by atoms with van der Waals surface area (Å²) in [4.78, 5) is 7.27. The number of guanidine groups is 1. The molecular formula is C24H40IN7O. The van der Waals surface area contributed by atoms with Crippen molar-refractivity contribution in [2.75, 3.05) is 45.9 Å². The Kier molecular flexibility index (Phi) is 11.6. The molecule has 1 aliphatic rings. The largest absolute Gasteiger partial charge is 0.379 e. The molecule has 8 nitrogen and oxygen atoms in total. The minimum Gasteiger partial charge on any atom is -0.379 e. The number of nitrogens with one attached hydrogen (secondary N) is 2. The van der Waals surface area contributed by atoms with Crippen LogP contribution >= 0.6 is 24.0 Å². The third kappa shape index (κ3) is 7.65. The van der Waals surface area contributed by atoms with Gasteiger partial charge in [0.05, 0.1) is 13.2 Å². The number of hydrogen-bond acceptors (Lipinski definition) is 5. The van der Waals surface area contributed by atoms with Crippen molar-refractivity contribution in [3.05, 3.63) is 47.5 Å². The lowest BCUT2D eigenvalue weighted by Gasteiger charge is -2.33. The topological polar surface area (TPSA) is 79.6 Å². The van der Waals surface area contributed by atoms with Crippen LogP contribution in [0.1, 0.15) is 43.9 Å². The summed E-state index contributed by atoms with van der Waals surface area (Å²) in [7, 11) is 1.98. The normalized spacial score (nSPS) is 15.2. The molecule has 0 spiro atoms. The molecule has 0 amide bonds. The van der Waals surface area contributed by atoms with Crippen molar-refractivity contribution in [3.63, 3.8) is 0 Å². The zero-order chi connectivity index (χ0) is 22.8. The first-order chi connectivity index (χ1) is 15.6. The maximum Gasteiger partial charge on any atom is 0.191 e. The van der Waals surface area contributed by atoms with Crippen LogP contribution in [0.3, 0.4) is 0 Å². The third-order valence-electron chi connectivity index (χ3n) is 6.72. The highest BCUT2D eigenvalue weighted by Gasteiger charge is 2.28. The Balaban J connectivity index is 0.00000385. The fraction of sp³-hybridized carbons (Fsp3) is 0.625. The van der Waals surface area contributed by atoms with Gasteiger partial charge in [-0.15, -0.1) is 34.2 Å². The van der Waals surface area contributed by atoms with Gasteiger partial charge in [-0.1, -0.05) is 44.2 Å². The quantitative estimate of drug-likeness (QED) is 0.260. The van der Waals surface area contributed by atoms with E-state index in [4.69, 9.17) is 9.73 Å². The van der Waals surface area contributed by atoms with E-state index in [1.807, 2.05) is 18.5 Å². The zero-order valence-electron chi connectivity index (χ0n) is 20.5. The zero-order valence-corrected chi connectivity index (χ0v) is 22.8. The Bertz CT molecular complexity index is 846. The number of aliphatic imine (C=N–C) groups is 1. The second kappa shape index (κ2) is 13.9. The first-order valence-corrected chi connectivity index (χ1v) is 11.8. The summed E-state index contributed by atoms with van der Waals surface area (Å²) in [5.41, 5.74) is 1.43. The summed E-state index contributed by atoms with van der Waals surface area (Å²) in [6.45, 7) is 13.2. The second-order valence-corrected chi connectivity index (χ2v) is 8.48. The maximum atomic E-state index is 5.46. The molecule has 9 heteroatoms. The number of aromatic nitrogens is 3. The minimum atomic E-state index is 0. The number of morpholine rings is 1. The van der Waals surface area contributed by atoms with Crippen LogP contribution in [0.15, 0.2) is 35.3 Å². The Labute approximate surface area is 215 Å². The van der Waals surface area contributed by atoms with Gasteiger partial charge in [0, 0.05) is 45.2 Å². The predicted octanol–water partition coefficient (Wildman–Crippen LogP) is 2.87. The Hall–Kier alpha value is -1.72. The molecule has 1 saturated heterocycles. The standard InChI is InChI=1S/C24H39N7O.HI/c1-5-24(6-2,21-10-8-7-9-11-21)19-27-23(25-12-13-31-14-16-32-17-15-31)26-18-22-29-28-20(3)30(22)4;/h7-11H,5-6,12-19H2,1-4H3,(H2,25,26,27);1H. The van der Waals surface area contributed by atoms with Crippen LogP contribution < -0.4 is 10.6 Å². The van der Waals surface area contributed by atoms with E-state index < -0.39 is 0 Å². The van der Waals surface area contributed by atoms with Crippen LogP contribution in [0, 0.1) is 6.92 Å². The molecule has 0 unspecified atom stereocenters. The fourth-order valence-electron chi connectivity index (χ4n) is 4.12. The molecule has 1 fully saturated rings. The van der Waals surface area contributed by atoms with Crippen molar-refractivity contribution in [1.29, 1.82) is 0 Å². The third-order valence-corrected chi connectivity index (χ3v) is 6.72. The van der Waals surface area contributed by atoms with Crippen LogP contribution in [0.5, 0.6) is 0 Å². The van der Waals surface area contributed by atoms with Crippen LogP contribution in [-0.2, 0) is 23.7 Å². The number of aryl methyl sites for hydroxylation is 1. The van der Waals surface area contributed by atoms with Crippen molar-refractivity contribution in [3.8, 4) is 0 Å². The van der Waals surface area contributed by atoms with Crippen molar-refractivity contribution >= 4 is 29.9 Å². The molecular weight excluding hydrogens is 529 g/mol. The lowest BCUT2D eigenvalue weighted by molar-refractivity contribution is 0.0389. The molecule has 2 heterocycles. The van der Waals surface area contributed by atoms with E-state index in [0.29, 0.717) is 6.54 Å². The number of nitrogens with zero attached hydrogens (tertiary/aromatic N) is 5. The molecule has 0 aliphatic carbocycles. The fourth-order valence-corrected chi connectivity index (χ4v) is 4.12. The van der Waals surface area contributed by atoms with Crippen LogP contribution in [0.2, 0.25) is 0 Å². The molecule has 0 atom stereocenters.